The van der Waals surface area contributed by atoms with Gasteiger partial charge in [0.2, 0.25) is 0 Å². The third kappa shape index (κ3) is 3.58. The standard InChI is InChI=1S/C15H21N3O3/c1-10-4-3-5-13(18(20)21)14(10)15(19)17-12-8-6-11(16-2)7-9-12/h3-5,11-12,16H,6-9H2,1-2H3,(H,17,19). The van der Waals surface area contributed by atoms with E-state index in [0.29, 0.717) is 11.6 Å². The van der Waals surface area contributed by atoms with Gasteiger partial charge in [0.25, 0.3) is 11.6 Å². The number of carbonyl (C=O) groups is 1. The van der Waals surface area contributed by atoms with Crippen molar-refractivity contribution in [3.8, 4) is 0 Å². The molecule has 0 unspecified atom stereocenters. The molecule has 1 aromatic rings. The largest absolute Gasteiger partial charge is 0.349 e. The van der Waals surface area contributed by atoms with E-state index in [4.69, 9.17) is 0 Å². The van der Waals surface area contributed by atoms with Crippen LogP contribution in [0.5, 0.6) is 0 Å². The van der Waals surface area contributed by atoms with Gasteiger partial charge in [-0.05, 0) is 45.2 Å². The van der Waals surface area contributed by atoms with Crippen LogP contribution in [-0.4, -0.2) is 30.0 Å². The lowest BCUT2D eigenvalue weighted by atomic mass is 9.91. The highest BCUT2D eigenvalue weighted by Crippen LogP contribution is 2.23. The quantitative estimate of drug-likeness (QED) is 0.657. The number of hydrogen-bond donors (Lipinski definition) is 2. The smallest absolute Gasteiger partial charge is 0.282 e. The molecule has 2 rings (SSSR count). The first kappa shape index (κ1) is 15.4. The number of carbonyl (C=O) groups excluding carboxylic acids is 1. The zero-order valence-electron chi connectivity index (χ0n) is 12.4. The first-order valence-corrected chi connectivity index (χ1v) is 7.25. The zero-order chi connectivity index (χ0) is 15.4. The van der Waals surface area contributed by atoms with Crippen LogP contribution in [-0.2, 0) is 0 Å². The Morgan fingerprint density at radius 1 is 1.24 bits per heavy atom. The molecule has 0 spiro atoms. The van der Waals surface area contributed by atoms with Gasteiger partial charge < -0.3 is 10.6 Å². The summed E-state index contributed by atoms with van der Waals surface area (Å²) in [6, 6.07) is 5.30. The van der Waals surface area contributed by atoms with Crippen LogP contribution in [0.2, 0.25) is 0 Å². The predicted molar refractivity (Wildman–Crippen MR) is 80.4 cm³/mol. The van der Waals surface area contributed by atoms with E-state index in [1.165, 1.54) is 6.07 Å². The van der Waals surface area contributed by atoms with Gasteiger partial charge in [0.05, 0.1) is 4.92 Å². The van der Waals surface area contributed by atoms with Gasteiger partial charge in [-0.3, -0.25) is 14.9 Å². The maximum Gasteiger partial charge on any atom is 0.282 e. The monoisotopic (exact) mass is 291 g/mol. The topological polar surface area (TPSA) is 84.3 Å². The van der Waals surface area contributed by atoms with Crippen LogP contribution in [0.15, 0.2) is 18.2 Å². The summed E-state index contributed by atoms with van der Waals surface area (Å²) < 4.78 is 0. The molecule has 0 aliphatic heterocycles. The number of benzene rings is 1. The van der Waals surface area contributed by atoms with Crippen molar-refractivity contribution in [2.75, 3.05) is 7.05 Å². The SMILES string of the molecule is CNC1CCC(NC(=O)c2c(C)cccc2[N+](=O)[O-])CC1. The highest BCUT2D eigenvalue weighted by molar-refractivity contribution is 5.99. The predicted octanol–water partition coefficient (Wildman–Crippen LogP) is 2.16. The average molecular weight is 291 g/mol. The van der Waals surface area contributed by atoms with Gasteiger partial charge in [-0.1, -0.05) is 12.1 Å². The molecule has 1 aliphatic rings. The second-order valence-electron chi connectivity index (χ2n) is 5.54. The first-order valence-electron chi connectivity index (χ1n) is 7.25. The number of nitrogens with one attached hydrogen (secondary N) is 2. The van der Waals surface area contributed by atoms with Crippen LogP contribution in [0, 0.1) is 17.0 Å². The maximum absolute atomic E-state index is 12.4. The van der Waals surface area contributed by atoms with Crippen molar-refractivity contribution >= 4 is 11.6 Å². The van der Waals surface area contributed by atoms with Gasteiger partial charge in [-0.15, -0.1) is 0 Å². The van der Waals surface area contributed by atoms with E-state index in [-0.39, 0.29) is 23.2 Å². The molecule has 1 amide bonds. The summed E-state index contributed by atoms with van der Waals surface area (Å²) in [7, 11) is 1.94. The van der Waals surface area contributed by atoms with Crippen LogP contribution < -0.4 is 10.6 Å². The lowest BCUT2D eigenvalue weighted by Crippen LogP contribution is -2.41. The van der Waals surface area contributed by atoms with E-state index in [1.807, 2.05) is 7.05 Å². The third-order valence-electron chi connectivity index (χ3n) is 4.15. The number of nitro benzene ring substituents is 1. The molecular weight excluding hydrogens is 270 g/mol. The van der Waals surface area contributed by atoms with Gasteiger partial charge >= 0.3 is 0 Å². The van der Waals surface area contributed by atoms with Crippen LogP contribution in [0.1, 0.15) is 41.6 Å². The number of amides is 1. The van der Waals surface area contributed by atoms with Crippen molar-refractivity contribution in [2.24, 2.45) is 0 Å². The highest BCUT2D eigenvalue weighted by atomic mass is 16.6. The maximum atomic E-state index is 12.4. The Hall–Kier alpha value is -1.95. The van der Waals surface area contributed by atoms with Crippen LogP contribution in [0.3, 0.4) is 0 Å². The Kier molecular flexibility index (Phi) is 4.90. The van der Waals surface area contributed by atoms with E-state index < -0.39 is 4.92 Å². The van der Waals surface area contributed by atoms with Gasteiger partial charge in [0.15, 0.2) is 0 Å². The Labute approximate surface area is 124 Å². The van der Waals surface area contributed by atoms with Crippen LogP contribution >= 0.6 is 0 Å². The summed E-state index contributed by atoms with van der Waals surface area (Å²) in [5.41, 5.74) is 0.681. The number of nitro groups is 1. The van der Waals surface area contributed by atoms with Crippen molar-refractivity contribution < 1.29 is 9.72 Å². The molecule has 0 bridgehead atoms. The summed E-state index contributed by atoms with van der Waals surface area (Å²) in [6.07, 6.45) is 3.82. The number of hydrogen-bond acceptors (Lipinski definition) is 4. The zero-order valence-corrected chi connectivity index (χ0v) is 12.4. The average Bonchev–Trinajstić information content (AvgIpc) is 2.47. The van der Waals surface area contributed by atoms with Crippen LogP contribution in [0.25, 0.3) is 0 Å². The van der Waals surface area contributed by atoms with E-state index in [0.717, 1.165) is 25.7 Å². The number of aryl methyl sites for hydroxylation is 1. The fourth-order valence-electron chi connectivity index (χ4n) is 2.88. The van der Waals surface area contributed by atoms with Crippen molar-refractivity contribution in [1.82, 2.24) is 10.6 Å². The van der Waals surface area contributed by atoms with Gasteiger partial charge in [0.1, 0.15) is 5.56 Å². The Morgan fingerprint density at radius 3 is 2.43 bits per heavy atom. The second kappa shape index (κ2) is 6.67. The van der Waals surface area contributed by atoms with Gasteiger partial charge in [0, 0.05) is 18.2 Å². The molecular formula is C15H21N3O3. The molecule has 1 saturated carbocycles. The van der Waals surface area contributed by atoms with Gasteiger partial charge in [-0.2, -0.15) is 0 Å². The molecule has 1 aromatic carbocycles. The molecule has 21 heavy (non-hydrogen) atoms. The Morgan fingerprint density at radius 2 is 1.86 bits per heavy atom. The second-order valence-corrected chi connectivity index (χ2v) is 5.54. The minimum atomic E-state index is -0.500. The van der Waals surface area contributed by atoms with E-state index >= 15 is 0 Å². The normalized spacial score (nSPS) is 21.8. The molecule has 0 saturated heterocycles. The summed E-state index contributed by atoms with van der Waals surface area (Å²) >= 11 is 0. The van der Waals surface area contributed by atoms with E-state index in [1.54, 1.807) is 19.1 Å². The molecule has 0 aromatic heterocycles. The van der Waals surface area contributed by atoms with E-state index in [9.17, 15) is 14.9 Å². The number of rotatable bonds is 4. The minimum Gasteiger partial charge on any atom is -0.349 e. The lowest BCUT2D eigenvalue weighted by molar-refractivity contribution is -0.385. The van der Waals surface area contributed by atoms with Crippen molar-refractivity contribution in [3.63, 3.8) is 0 Å². The van der Waals surface area contributed by atoms with Crippen molar-refractivity contribution in [2.45, 2.75) is 44.7 Å². The number of nitrogens with zero attached hydrogens (tertiary/aromatic N) is 1. The fraction of sp³-hybridized carbons (Fsp3) is 0.533. The van der Waals surface area contributed by atoms with Crippen LogP contribution in [0.4, 0.5) is 5.69 Å². The first-order chi connectivity index (χ1) is 10.0. The Bertz CT molecular complexity index is 537. The molecule has 0 atom stereocenters. The molecule has 6 nitrogen and oxygen atoms in total. The van der Waals surface area contributed by atoms with Crippen molar-refractivity contribution in [1.29, 1.82) is 0 Å². The minimum absolute atomic E-state index is 0.0984. The third-order valence-corrected chi connectivity index (χ3v) is 4.15. The molecule has 6 heteroatoms. The van der Waals surface area contributed by atoms with Gasteiger partial charge in [-0.25, -0.2) is 0 Å². The molecule has 2 N–H and O–H groups in total. The molecule has 114 valence electrons. The van der Waals surface area contributed by atoms with Crippen molar-refractivity contribution in [3.05, 3.63) is 39.4 Å². The molecule has 0 heterocycles. The molecule has 1 aliphatic carbocycles. The summed E-state index contributed by atoms with van der Waals surface area (Å²) in [6.45, 7) is 1.72. The lowest BCUT2D eigenvalue weighted by Gasteiger charge is -2.28. The summed E-state index contributed by atoms with van der Waals surface area (Å²) in [5.74, 6) is -0.340. The molecule has 0 radical (unpaired) electrons. The Balaban J connectivity index is 2.09. The van der Waals surface area contributed by atoms with E-state index in [2.05, 4.69) is 10.6 Å². The fourth-order valence-corrected chi connectivity index (χ4v) is 2.88. The summed E-state index contributed by atoms with van der Waals surface area (Å²) in [4.78, 5) is 22.9. The summed E-state index contributed by atoms with van der Waals surface area (Å²) in [5, 5.41) is 17.3. The highest BCUT2D eigenvalue weighted by Gasteiger charge is 2.26. The molecule has 1 fully saturated rings.